The smallest absolute Gasteiger partial charge is 0.343 e. The third-order valence-corrected chi connectivity index (χ3v) is 7.52. The van der Waals surface area contributed by atoms with Crippen molar-refractivity contribution in [2.75, 3.05) is 25.6 Å². The van der Waals surface area contributed by atoms with E-state index in [-0.39, 0.29) is 23.5 Å². The first-order chi connectivity index (χ1) is 15.2. The van der Waals surface area contributed by atoms with Crippen molar-refractivity contribution in [3.05, 3.63) is 53.6 Å². The van der Waals surface area contributed by atoms with Gasteiger partial charge in [-0.1, -0.05) is 6.42 Å². The number of carbonyl (C=O) groups is 2. The fourth-order valence-corrected chi connectivity index (χ4v) is 5.30. The molecule has 1 fully saturated rings. The number of hydrogen-bond acceptors (Lipinski definition) is 6. The Bertz CT molecular complexity index is 1080. The van der Waals surface area contributed by atoms with Crippen LogP contribution in [0.25, 0.3) is 0 Å². The molecule has 1 atom stereocenters. The van der Waals surface area contributed by atoms with Crippen molar-refractivity contribution in [1.29, 1.82) is 0 Å². The lowest BCUT2D eigenvalue weighted by Crippen LogP contribution is -2.41. The minimum atomic E-state index is -3.58. The first-order valence-electron chi connectivity index (χ1n) is 10.5. The Morgan fingerprint density at radius 2 is 1.84 bits per heavy atom. The van der Waals surface area contributed by atoms with Gasteiger partial charge in [-0.15, -0.1) is 0 Å². The summed E-state index contributed by atoms with van der Waals surface area (Å²) in [5.74, 6) is -0.362. The van der Waals surface area contributed by atoms with Crippen LogP contribution in [0.15, 0.2) is 47.4 Å². The van der Waals surface area contributed by atoms with Gasteiger partial charge in [0.15, 0.2) is 6.61 Å². The quantitative estimate of drug-likeness (QED) is 0.636. The summed E-state index contributed by atoms with van der Waals surface area (Å²) in [4.78, 5) is 24.0. The molecule has 2 aromatic carbocycles. The lowest BCUT2D eigenvalue weighted by molar-refractivity contribution is -0.142. The molecule has 2 aromatic rings. The normalized spacial score (nSPS) is 16.9. The van der Waals surface area contributed by atoms with E-state index >= 15 is 0 Å². The second-order valence-electron chi connectivity index (χ2n) is 7.78. The molecule has 0 saturated carbocycles. The number of hydrogen-bond donors (Lipinski definition) is 1. The van der Waals surface area contributed by atoms with Gasteiger partial charge in [0.25, 0.3) is 5.91 Å². The van der Waals surface area contributed by atoms with E-state index in [0.717, 1.165) is 24.8 Å². The third kappa shape index (κ3) is 5.46. The highest BCUT2D eigenvalue weighted by Crippen LogP contribution is 2.26. The number of amides is 1. The Morgan fingerprint density at radius 1 is 1.12 bits per heavy atom. The molecular weight excluding hydrogens is 432 g/mol. The highest BCUT2D eigenvalue weighted by molar-refractivity contribution is 7.89. The number of ether oxygens (including phenoxy) is 2. The number of rotatable bonds is 7. The molecule has 0 aromatic heterocycles. The first kappa shape index (κ1) is 23.7. The number of carbonyl (C=O) groups excluding carboxylic acids is 2. The molecule has 1 aliphatic heterocycles. The first-order valence-corrected chi connectivity index (χ1v) is 11.9. The summed E-state index contributed by atoms with van der Waals surface area (Å²) in [5.41, 5.74) is 1.68. The van der Waals surface area contributed by atoms with Crippen LogP contribution in [-0.2, 0) is 19.6 Å². The van der Waals surface area contributed by atoms with E-state index in [1.165, 1.54) is 31.4 Å². The largest absolute Gasteiger partial charge is 0.482 e. The van der Waals surface area contributed by atoms with Crippen molar-refractivity contribution >= 4 is 27.6 Å². The van der Waals surface area contributed by atoms with E-state index in [9.17, 15) is 18.0 Å². The zero-order chi connectivity index (χ0) is 23.3. The van der Waals surface area contributed by atoms with Crippen LogP contribution in [0.3, 0.4) is 0 Å². The van der Waals surface area contributed by atoms with Gasteiger partial charge >= 0.3 is 5.97 Å². The molecule has 1 saturated heterocycles. The molecule has 0 bridgehead atoms. The van der Waals surface area contributed by atoms with E-state index in [4.69, 9.17) is 4.74 Å². The maximum absolute atomic E-state index is 12.9. The molecule has 3 rings (SSSR count). The topological polar surface area (TPSA) is 102 Å². The van der Waals surface area contributed by atoms with Crippen molar-refractivity contribution in [2.24, 2.45) is 0 Å². The number of aryl methyl sites for hydroxylation is 1. The number of methoxy groups -OCH3 is 1. The highest BCUT2D eigenvalue weighted by Gasteiger charge is 2.30. The Labute approximate surface area is 188 Å². The van der Waals surface area contributed by atoms with Crippen LogP contribution in [-0.4, -0.2) is 50.9 Å². The number of nitrogens with zero attached hydrogens (tertiary/aromatic N) is 1. The number of benzene rings is 2. The van der Waals surface area contributed by atoms with E-state index in [0.29, 0.717) is 23.5 Å². The monoisotopic (exact) mass is 460 g/mol. The Morgan fingerprint density at radius 3 is 2.47 bits per heavy atom. The van der Waals surface area contributed by atoms with Gasteiger partial charge in [0.1, 0.15) is 5.75 Å². The fourth-order valence-electron chi connectivity index (χ4n) is 3.60. The van der Waals surface area contributed by atoms with Gasteiger partial charge in [0.05, 0.1) is 12.0 Å². The molecule has 0 spiro atoms. The average Bonchev–Trinajstić information content (AvgIpc) is 2.79. The molecule has 1 N–H and O–H groups in total. The minimum absolute atomic E-state index is 0.0285. The predicted molar refractivity (Wildman–Crippen MR) is 120 cm³/mol. The summed E-state index contributed by atoms with van der Waals surface area (Å²) < 4.78 is 37.3. The van der Waals surface area contributed by atoms with E-state index in [1.54, 1.807) is 29.4 Å². The summed E-state index contributed by atoms with van der Waals surface area (Å²) in [6.45, 7) is 4.04. The molecule has 32 heavy (non-hydrogen) atoms. The predicted octanol–water partition coefficient (Wildman–Crippen LogP) is 3.36. The van der Waals surface area contributed by atoms with Gasteiger partial charge < -0.3 is 14.8 Å². The van der Waals surface area contributed by atoms with Gasteiger partial charge in [-0.05, 0) is 74.7 Å². The zero-order valence-corrected chi connectivity index (χ0v) is 19.3. The van der Waals surface area contributed by atoms with E-state index in [2.05, 4.69) is 10.1 Å². The molecule has 1 heterocycles. The van der Waals surface area contributed by atoms with Crippen LogP contribution in [0.4, 0.5) is 5.69 Å². The van der Waals surface area contributed by atoms with Crippen molar-refractivity contribution in [3.63, 3.8) is 0 Å². The Hall–Kier alpha value is -2.91. The van der Waals surface area contributed by atoms with Crippen molar-refractivity contribution in [1.82, 2.24) is 4.31 Å². The van der Waals surface area contributed by atoms with Crippen LogP contribution in [0.2, 0.25) is 0 Å². The van der Waals surface area contributed by atoms with E-state index < -0.39 is 16.0 Å². The lowest BCUT2D eigenvalue weighted by Gasteiger charge is -2.32. The van der Waals surface area contributed by atoms with Crippen molar-refractivity contribution in [3.8, 4) is 5.75 Å². The molecule has 9 heteroatoms. The molecule has 8 nitrogen and oxygen atoms in total. The SMILES string of the molecule is COC(=O)COc1ccc(NC(=O)c2ccc(S(=O)(=O)N3CCCCC3C)cc2)c(C)c1. The average molecular weight is 461 g/mol. The van der Waals surface area contributed by atoms with Crippen LogP contribution in [0, 0.1) is 6.92 Å². The van der Waals surface area contributed by atoms with Gasteiger partial charge in [0.2, 0.25) is 10.0 Å². The number of esters is 1. The number of nitrogens with one attached hydrogen (secondary N) is 1. The second-order valence-corrected chi connectivity index (χ2v) is 9.67. The third-order valence-electron chi connectivity index (χ3n) is 5.50. The van der Waals surface area contributed by atoms with Gasteiger partial charge in [0, 0.05) is 23.8 Å². The number of anilines is 1. The van der Waals surface area contributed by atoms with Gasteiger partial charge in [-0.25, -0.2) is 13.2 Å². The maximum atomic E-state index is 12.9. The van der Waals surface area contributed by atoms with Crippen LogP contribution >= 0.6 is 0 Å². The molecule has 172 valence electrons. The minimum Gasteiger partial charge on any atom is -0.482 e. The highest BCUT2D eigenvalue weighted by atomic mass is 32.2. The maximum Gasteiger partial charge on any atom is 0.343 e. The summed E-state index contributed by atoms with van der Waals surface area (Å²) in [6, 6.07) is 11.0. The standard InChI is InChI=1S/C23H28N2O6S/c1-16-14-19(31-15-22(26)30-3)9-12-21(16)24-23(27)18-7-10-20(11-8-18)32(28,29)25-13-5-4-6-17(25)2/h7-12,14,17H,4-6,13,15H2,1-3H3,(H,24,27). The summed E-state index contributed by atoms with van der Waals surface area (Å²) in [5, 5.41) is 2.81. The molecule has 1 aliphatic rings. The molecular formula is C23H28N2O6S. The summed E-state index contributed by atoms with van der Waals surface area (Å²) in [6.07, 6.45) is 2.74. The Kier molecular flexibility index (Phi) is 7.52. The fraction of sp³-hybridized carbons (Fsp3) is 0.391. The van der Waals surface area contributed by atoms with Crippen molar-refractivity contribution in [2.45, 2.75) is 44.0 Å². The lowest BCUT2D eigenvalue weighted by atomic mass is 10.1. The molecule has 0 radical (unpaired) electrons. The van der Waals surface area contributed by atoms with Crippen molar-refractivity contribution < 1.29 is 27.5 Å². The zero-order valence-electron chi connectivity index (χ0n) is 18.5. The van der Waals surface area contributed by atoms with Gasteiger partial charge in [-0.2, -0.15) is 4.31 Å². The second kappa shape index (κ2) is 10.1. The summed E-state index contributed by atoms with van der Waals surface area (Å²) >= 11 is 0. The number of piperidine rings is 1. The number of sulfonamides is 1. The van der Waals surface area contributed by atoms with E-state index in [1.807, 2.05) is 6.92 Å². The van der Waals surface area contributed by atoms with Gasteiger partial charge in [-0.3, -0.25) is 4.79 Å². The Balaban J connectivity index is 1.68. The molecule has 0 aliphatic carbocycles. The summed E-state index contributed by atoms with van der Waals surface area (Å²) in [7, 11) is -2.30. The molecule has 1 unspecified atom stereocenters. The van der Waals surface area contributed by atoms with Crippen LogP contribution < -0.4 is 10.1 Å². The molecule has 1 amide bonds. The van der Waals surface area contributed by atoms with Crippen LogP contribution in [0.5, 0.6) is 5.75 Å². The van der Waals surface area contributed by atoms with Crippen LogP contribution in [0.1, 0.15) is 42.1 Å².